The second-order valence-corrected chi connectivity index (χ2v) is 3.49. The molecule has 1 nitrogen and oxygen atoms in total. The Kier molecular flexibility index (Phi) is 1.10. The Labute approximate surface area is 73.2 Å². The van der Waals surface area contributed by atoms with E-state index in [1.165, 1.54) is 10.8 Å². The lowest BCUT2D eigenvalue weighted by Crippen LogP contribution is -1.59. The second-order valence-electron chi connectivity index (χ2n) is 2.75. The summed E-state index contributed by atoms with van der Waals surface area (Å²) < 4.78 is 5.60. The van der Waals surface area contributed by atoms with Crippen LogP contribution >= 0.6 is 11.3 Å². The fourth-order valence-electron chi connectivity index (χ4n) is 1.46. The molecule has 3 rings (SSSR count). The first-order chi connectivity index (χ1) is 5.95. The molecule has 12 heavy (non-hydrogen) atoms. The minimum absolute atomic E-state index is 0.982. The zero-order valence-corrected chi connectivity index (χ0v) is 7.10. The molecular formula is C10H6OS. The Hall–Kier alpha value is -1.28. The standard InChI is InChI=1S/C10H6OS/c1-2-4-9-7(3-1)8-5-12-6-10(8)11-9/h1-6H. The molecule has 0 aliphatic carbocycles. The summed E-state index contributed by atoms with van der Waals surface area (Å²) in [5, 5.41) is 6.61. The molecule has 0 fully saturated rings. The third-order valence-electron chi connectivity index (χ3n) is 2.02. The van der Waals surface area contributed by atoms with Gasteiger partial charge in [-0.25, -0.2) is 0 Å². The third kappa shape index (κ3) is 0.676. The van der Waals surface area contributed by atoms with Crippen LogP contribution in [0, 0.1) is 0 Å². The first-order valence-electron chi connectivity index (χ1n) is 3.78. The molecule has 0 unspecified atom stereocenters. The van der Waals surface area contributed by atoms with Crippen LogP contribution in [0.15, 0.2) is 39.4 Å². The van der Waals surface area contributed by atoms with Crippen LogP contribution in [0.1, 0.15) is 0 Å². The highest BCUT2D eigenvalue weighted by Gasteiger charge is 2.04. The van der Waals surface area contributed by atoms with Crippen LogP contribution < -0.4 is 0 Å². The fourth-order valence-corrected chi connectivity index (χ4v) is 2.20. The molecule has 0 bridgehead atoms. The molecule has 2 heterocycles. The number of hydrogen-bond donors (Lipinski definition) is 0. The summed E-state index contributed by atoms with van der Waals surface area (Å²) in [6.07, 6.45) is 0. The Morgan fingerprint density at radius 1 is 0.917 bits per heavy atom. The van der Waals surface area contributed by atoms with Gasteiger partial charge in [0.2, 0.25) is 0 Å². The quantitative estimate of drug-likeness (QED) is 0.507. The van der Waals surface area contributed by atoms with Crippen LogP contribution in [0.2, 0.25) is 0 Å². The first-order valence-corrected chi connectivity index (χ1v) is 4.73. The van der Waals surface area contributed by atoms with Crippen molar-refractivity contribution in [2.24, 2.45) is 0 Å². The highest BCUT2D eigenvalue weighted by atomic mass is 32.1. The summed E-state index contributed by atoms with van der Waals surface area (Å²) in [5.41, 5.74) is 1.98. The highest BCUT2D eigenvalue weighted by molar-refractivity contribution is 7.09. The maximum atomic E-state index is 5.60. The van der Waals surface area contributed by atoms with Crippen molar-refractivity contribution >= 4 is 33.3 Å². The minimum atomic E-state index is 0.982. The van der Waals surface area contributed by atoms with Crippen LogP contribution in [-0.2, 0) is 0 Å². The molecule has 0 N–H and O–H groups in total. The van der Waals surface area contributed by atoms with Gasteiger partial charge in [-0.2, -0.15) is 0 Å². The van der Waals surface area contributed by atoms with Crippen LogP contribution in [0.4, 0.5) is 0 Å². The van der Waals surface area contributed by atoms with Crippen molar-refractivity contribution in [2.75, 3.05) is 0 Å². The van der Waals surface area contributed by atoms with Crippen molar-refractivity contribution in [3.8, 4) is 0 Å². The van der Waals surface area contributed by atoms with Gasteiger partial charge >= 0.3 is 0 Å². The lowest BCUT2D eigenvalue weighted by Gasteiger charge is -1.83. The minimum Gasteiger partial charge on any atom is -0.455 e. The average molecular weight is 174 g/mol. The van der Waals surface area contributed by atoms with E-state index in [4.69, 9.17) is 4.42 Å². The lowest BCUT2D eigenvalue weighted by atomic mass is 10.2. The van der Waals surface area contributed by atoms with E-state index >= 15 is 0 Å². The number of benzene rings is 1. The zero-order chi connectivity index (χ0) is 7.97. The molecule has 3 aromatic rings. The van der Waals surface area contributed by atoms with Crippen LogP contribution in [0.25, 0.3) is 21.9 Å². The Morgan fingerprint density at radius 2 is 1.83 bits per heavy atom. The molecule has 0 amide bonds. The van der Waals surface area contributed by atoms with Gasteiger partial charge in [-0.05, 0) is 6.07 Å². The highest BCUT2D eigenvalue weighted by Crippen LogP contribution is 2.30. The number of thiophene rings is 1. The number of rotatable bonds is 0. The summed E-state index contributed by atoms with van der Waals surface area (Å²) in [6.45, 7) is 0. The Bertz CT molecular complexity index is 532. The van der Waals surface area contributed by atoms with Crippen LogP contribution in [-0.4, -0.2) is 0 Å². The van der Waals surface area contributed by atoms with Crippen molar-refractivity contribution in [2.45, 2.75) is 0 Å². The van der Waals surface area contributed by atoms with Gasteiger partial charge in [0.15, 0.2) is 0 Å². The monoisotopic (exact) mass is 174 g/mol. The van der Waals surface area contributed by atoms with E-state index in [-0.39, 0.29) is 0 Å². The molecule has 0 saturated carbocycles. The normalized spacial score (nSPS) is 11.3. The van der Waals surface area contributed by atoms with Crippen molar-refractivity contribution in [1.82, 2.24) is 0 Å². The van der Waals surface area contributed by atoms with E-state index in [1.807, 2.05) is 23.6 Å². The third-order valence-corrected chi connectivity index (χ3v) is 2.75. The van der Waals surface area contributed by atoms with Crippen molar-refractivity contribution in [3.63, 3.8) is 0 Å². The second kappa shape index (κ2) is 2.11. The molecule has 0 atom stereocenters. The van der Waals surface area contributed by atoms with E-state index in [2.05, 4.69) is 11.4 Å². The summed E-state index contributed by atoms with van der Waals surface area (Å²) in [4.78, 5) is 0. The molecule has 0 saturated heterocycles. The zero-order valence-electron chi connectivity index (χ0n) is 6.28. The molecule has 58 valence electrons. The molecule has 0 radical (unpaired) electrons. The smallest absolute Gasteiger partial charge is 0.146 e. The molecular weight excluding hydrogens is 168 g/mol. The van der Waals surface area contributed by atoms with E-state index in [1.54, 1.807) is 11.3 Å². The average Bonchev–Trinajstić information content (AvgIpc) is 2.62. The first kappa shape index (κ1) is 6.26. The molecule has 0 aliphatic rings. The van der Waals surface area contributed by atoms with Gasteiger partial charge < -0.3 is 4.42 Å². The summed E-state index contributed by atoms with van der Waals surface area (Å²) in [5.74, 6) is 0. The number of hydrogen-bond acceptors (Lipinski definition) is 2. The maximum absolute atomic E-state index is 5.60. The fraction of sp³-hybridized carbons (Fsp3) is 0. The summed E-state index contributed by atoms with van der Waals surface area (Å²) in [7, 11) is 0. The SMILES string of the molecule is c1ccc2c(c1)oc1cscc12. The van der Waals surface area contributed by atoms with E-state index in [0.29, 0.717) is 0 Å². The van der Waals surface area contributed by atoms with Gasteiger partial charge in [0.1, 0.15) is 11.2 Å². The van der Waals surface area contributed by atoms with Crippen molar-refractivity contribution in [3.05, 3.63) is 35.0 Å². The largest absolute Gasteiger partial charge is 0.455 e. The molecule has 2 aromatic heterocycles. The van der Waals surface area contributed by atoms with E-state index in [0.717, 1.165) is 11.2 Å². The van der Waals surface area contributed by atoms with Gasteiger partial charge in [-0.15, -0.1) is 11.3 Å². The molecule has 1 aromatic carbocycles. The molecule has 0 spiro atoms. The van der Waals surface area contributed by atoms with Crippen LogP contribution in [0.5, 0.6) is 0 Å². The predicted molar refractivity (Wildman–Crippen MR) is 51.6 cm³/mol. The number of fused-ring (bicyclic) bond motifs is 3. The van der Waals surface area contributed by atoms with E-state index in [9.17, 15) is 0 Å². The van der Waals surface area contributed by atoms with Gasteiger partial charge in [-0.1, -0.05) is 18.2 Å². The van der Waals surface area contributed by atoms with Crippen LogP contribution in [0.3, 0.4) is 0 Å². The van der Waals surface area contributed by atoms with Gasteiger partial charge in [0.25, 0.3) is 0 Å². The van der Waals surface area contributed by atoms with Crippen molar-refractivity contribution < 1.29 is 4.42 Å². The lowest BCUT2D eigenvalue weighted by molar-refractivity contribution is 0.670. The molecule has 2 heteroatoms. The predicted octanol–water partition coefficient (Wildman–Crippen LogP) is 3.65. The number of para-hydroxylation sites is 1. The summed E-state index contributed by atoms with van der Waals surface area (Å²) in [6, 6.07) is 8.12. The van der Waals surface area contributed by atoms with Gasteiger partial charge in [0.05, 0.1) is 0 Å². The Morgan fingerprint density at radius 3 is 2.83 bits per heavy atom. The van der Waals surface area contributed by atoms with Crippen molar-refractivity contribution in [1.29, 1.82) is 0 Å². The molecule has 0 aliphatic heterocycles. The summed E-state index contributed by atoms with van der Waals surface area (Å²) >= 11 is 1.68. The van der Waals surface area contributed by atoms with Gasteiger partial charge in [-0.3, -0.25) is 0 Å². The maximum Gasteiger partial charge on any atom is 0.146 e. The van der Waals surface area contributed by atoms with E-state index < -0.39 is 0 Å². The topological polar surface area (TPSA) is 13.1 Å². The van der Waals surface area contributed by atoms with Gasteiger partial charge in [0, 0.05) is 21.5 Å². The number of furan rings is 1. The Balaban J connectivity index is 2.68.